The van der Waals surface area contributed by atoms with Crippen LogP contribution < -0.4 is 4.90 Å². The van der Waals surface area contributed by atoms with Gasteiger partial charge in [0.05, 0.1) is 0 Å². The van der Waals surface area contributed by atoms with Crippen LogP contribution in [0.1, 0.15) is 39.4 Å². The van der Waals surface area contributed by atoms with E-state index in [-0.39, 0.29) is 0 Å². The molecule has 1 aromatic rings. The highest BCUT2D eigenvalue weighted by Crippen LogP contribution is 2.32. The van der Waals surface area contributed by atoms with E-state index in [1.165, 1.54) is 12.8 Å². The Morgan fingerprint density at radius 2 is 2.12 bits per heavy atom. The summed E-state index contributed by atoms with van der Waals surface area (Å²) in [6, 6.07) is 2.74. The molecule has 94 valence electrons. The van der Waals surface area contributed by atoms with Gasteiger partial charge in [-0.1, -0.05) is 20.8 Å². The summed E-state index contributed by atoms with van der Waals surface area (Å²) in [7, 11) is 0. The van der Waals surface area contributed by atoms with E-state index in [1.54, 1.807) is 0 Å². The molecule has 4 heteroatoms. The molecule has 1 heterocycles. The highest BCUT2D eigenvalue weighted by Gasteiger charge is 2.30. The van der Waals surface area contributed by atoms with Crippen LogP contribution in [-0.2, 0) is 6.42 Å². The molecular weight excluding hydrogens is 278 g/mol. The van der Waals surface area contributed by atoms with E-state index in [0.717, 1.165) is 29.2 Å². The highest BCUT2D eigenvalue weighted by molar-refractivity contribution is 9.10. The molecule has 1 fully saturated rings. The minimum atomic E-state index is 0.661. The average Bonchev–Trinajstić information content (AvgIpc) is 3.08. The third kappa shape index (κ3) is 3.41. The van der Waals surface area contributed by atoms with Crippen LogP contribution in [0.15, 0.2) is 10.7 Å². The number of hydrogen-bond donors (Lipinski definition) is 0. The number of halogens is 1. The molecule has 0 bridgehead atoms. The second-order valence-electron chi connectivity index (χ2n) is 5.10. The van der Waals surface area contributed by atoms with Crippen LogP contribution in [0, 0.1) is 5.92 Å². The number of rotatable bonds is 5. The van der Waals surface area contributed by atoms with Gasteiger partial charge < -0.3 is 4.90 Å². The smallest absolute Gasteiger partial charge is 0.133 e. The lowest BCUT2D eigenvalue weighted by Crippen LogP contribution is -2.31. The molecule has 0 aliphatic heterocycles. The Kier molecular flexibility index (Phi) is 4.02. The zero-order valence-electron chi connectivity index (χ0n) is 10.8. The molecule has 3 nitrogen and oxygen atoms in total. The van der Waals surface area contributed by atoms with Crippen molar-refractivity contribution < 1.29 is 0 Å². The first-order chi connectivity index (χ1) is 8.10. The lowest BCUT2D eigenvalue weighted by molar-refractivity contribution is 0.601. The van der Waals surface area contributed by atoms with Crippen molar-refractivity contribution in [1.82, 2.24) is 9.97 Å². The van der Waals surface area contributed by atoms with Gasteiger partial charge >= 0.3 is 0 Å². The largest absolute Gasteiger partial charge is 0.353 e. The number of hydrogen-bond acceptors (Lipinski definition) is 3. The summed E-state index contributed by atoms with van der Waals surface area (Å²) < 4.78 is 0.897. The third-order valence-electron chi connectivity index (χ3n) is 2.89. The van der Waals surface area contributed by atoms with Gasteiger partial charge in [0, 0.05) is 25.1 Å². The second kappa shape index (κ2) is 5.34. The first-order valence-corrected chi connectivity index (χ1v) is 7.19. The first kappa shape index (κ1) is 12.8. The molecule has 0 saturated heterocycles. The van der Waals surface area contributed by atoms with Crippen LogP contribution in [0.4, 0.5) is 5.82 Å². The van der Waals surface area contributed by atoms with E-state index < -0.39 is 0 Å². The van der Waals surface area contributed by atoms with Crippen molar-refractivity contribution in [3.05, 3.63) is 16.5 Å². The third-order valence-corrected chi connectivity index (χ3v) is 3.29. The Balaban J connectivity index is 2.25. The minimum Gasteiger partial charge on any atom is -0.353 e. The molecule has 1 aliphatic carbocycles. The van der Waals surface area contributed by atoms with Crippen molar-refractivity contribution in [1.29, 1.82) is 0 Å². The monoisotopic (exact) mass is 297 g/mol. The number of anilines is 1. The van der Waals surface area contributed by atoms with Gasteiger partial charge in [0.1, 0.15) is 16.2 Å². The molecular formula is C13H20BrN3. The average molecular weight is 298 g/mol. The molecule has 1 aliphatic rings. The van der Waals surface area contributed by atoms with Gasteiger partial charge in [-0.25, -0.2) is 9.97 Å². The van der Waals surface area contributed by atoms with Crippen LogP contribution in [-0.4, -0.2) is 22.6 Å². The van der Waals surface area contributed by atoms with Gasteiger partial charge in [0.2, 0.25) is 0 Å². The quantitative estimate of drug-likeness (QED) is 0.780. The van der Waals surface area contributed by atoms with E-state index in [0.29, 0.717) is 12.0 Å². The Hall–Kier alpha value is -0.640. The Morgan fingerprint density at radius 3 is 2.65 bits per heavy atom. The molecule has 0 aromatic carbocycles. The van der Waals surface area contributed by atoms with E-state index in [2.05, 4.69) is 51.6 Å². The second-order valence-corrected chi connectivity index (χ2v) is 5.91. The van der Waals surface area contributed by atoms with Gasteiger partial charge in [-0.05, 0) is 34.7 Å². The maximum absolute atomic E-state index is 4.65. The summed E-state index contributed by atoms with van der Waals surface area (Å²) in [4.78, 5) is 11.5. The van der Waals surface area contributed by atoms with Crippen LogP contribution in [0.3, 0.4) is 0 Å². The fraction of sp³-hybridized carbons (Fsp3) is 0.692. The lowest BCUT2D eigenvalue weighted by Gasteiger charge is -2.25. The fourth-order valence-corrected chi connectivity index (χ4v) is 2.38. The molecule has 2 rings (SSSR count). The van der Waals surface area contributed by atoms with Crippen LogP contribution in [0.2, 0.25) is 0 Å². The van der Waals surface area contributed by atoms with Crippen LogP contribution in [0.25, 0.3) is 0 Å². The van der Waals surface area contributed by atoms with Gasteiger partial charge in [0.15, 0.2) is 0 Å². The fourth-order valence-electron chi connectivity index (χ4n) is 1.97. The van der Waals surface area contributed by atoms with Gasteiger partial charge in [-0.3, -0.25) is 0 Å². The van der Waals surface area contributed by atoms with E-state index in [1.807, 2.05) is 6.07 Å². The molecule has 0 unspecified atom stereocenters. The Morgan fingerprint density at radius 1 is 1.41 bits per heavy atom. The summed E-state index contributed by atoms with van der Waals surface area (Å²) in [5, 5.41) is 0. The van der Waals surface area contributed by atoms with Crippen molar-refractivity contribution in [2.24, 2.45) is 5.92 Å². The first-order valence-electron chi connectivity index (χ1n) is 6.40. The summed E-state index contributed by atoms with van der Waals surface area (Å²) in [6.07, 6.45) is 3.48. The summed E-state index contributed by atoms with van der Waals surface area (Å²) >= 11 is 3.48. The minimum absolute atomic E-state index is 0.661. The normalized spacial score (nSPS) is 15.4. The summed E-state index contributed by atoms with van der Waals surface area (Å²) in [6.45, 7) is 7.69. The van der Waals surface area contributed by atoms with E-state index in [9.17, 15) is 0 Å². The molecule has 1 saturated carbocycles. The molecule has 0 amide bonds. The predicted molar refractivity (Wildman–Crippen MR) is 74.3 cm³/mol. The van der Waals surface area contributed by atoms with Crippen molar-refractivity contribution in [2.75, 3.05) is 11.4 Å². The lowest BCUT2D eigenvalue weighted by atomic mass is 10.2. The maximum Gasteiger partial charge on any atom is 0.133 e. The number of nitrogens with zero attached hydrogens (tertiary/aromatic N) is 3. The van der Waals surface area contributed by atoms with Crippen LogP contribution >= 0.6 is 15.9 Å². The molecule has 0 N–H and O–H groups in total. The zero-order chi connectivity index (χ0) is 12.4. The summed E-state index contributed by atoms with van der Waals surface area (Å²) in [5.41, 5.74) is 0. The van der Waals surface area contributed by atoms with Gasteiger partial charge in [0.25, 0.3) is 0 Å². The highest BCUT2D eigenvalue weighted by atomic mass is 79.9. The summed E-state index contributed by atoms with van der Waals surface area (Å²) in [5.74, 6) is 2.66. The zero-order valence-corrected chi connectivity index (χ0v) is 12.4. The molecule has 17 heavy (non-hydrogen) atoms. The van der Waals surface area contributed by atoms with Gasteiger partial charge in [-0.15, -0.1) is 0 Å². The van der Waals surface area contributed by atoms with Crippen molar-refractivity contribution >= 4 is 21.7 Å². The van der Waals surface area contributed by atoms with Crippen molar-refractivity contribution in [2.45, 2.75) is 46.1 Å². The number of aryl methyl sites for hydroxylation is 1. The van der Waals surface area contributed by atoms with Crippen molar-refractivity contribution in [3.63, 3.8) is 0 Å². The number of aromatic nitrogens is 2. The molecule has 0 spiro atoms. The molecule has 1 aromatic heterocycles. The SMILES string of the molecule is CCc1nc(Br)cc(N(CC(C)C)C2CC2)n1. The van der Waals surface area contributed by atoms with E-state index >= 15 is 0 Å². The maximum atomic E-state index is 4.65. The van der Waals surface area contributed by atoms with E-state index in [4.69, 9.17) is 0 Å². The predicted octanol–water partition coefficient (Wildman–Crippen LogP) is 3.43. The standard InChI is InChI=1S/C13H20BrN3/c1-4-12-15-11(14)7-13(16-12)17(8-9(2)3)10-5-6-10/h7,9-10H,4-6,8H2,1-3H3. The molecule has 0 atom stereocenters. The van der Waals surface area contributed by atoms with Crippen LogP contribution in [0.5, 0.6) is 0 Å². The van der Waals surface area contributed by atoms with Gasteiger partial charge in [-0.2, -0.15) is 0 Å². The Labute approximate surface area is 112 Å². The van der Waals surface area contributed by atoms with Crippen molar-refractivity contribution in [3.8, 4) is 0 Å². The molecule has 0 radical (unpaired) electrons. The topological polar surface area (TPSA) is 29.0 Å². The Bertz CT molecular complexity index is 388.